The molecule has 7 nitrogen and oxygen atoms in total. The summed E-state index contributed by atoms with van der Waals surface area (Å²) >= 11 is 1.65. The maximum absolute atomic E-state index is 11.8. The highest BCUT2D eigenvalue weighted by molar-refractivity contribution is 7.11. The summed E-state index contributed by atoms with van der Waals surface area (Å²) in [6.07, 6.45) is 5.41. The van der Waals surface area contributed by atoms with Crippen LogP contribution in [0.25, 0.3) is 0 Å². The molecule has 0 radical (unpaired) electrons. The van der Waals surface area contributed by atoms with E-state index < -0.39 is 0 Å². The van der Waals surface area contributed by atoms with Crippen LogP contribution in [-0.2, 0) is 11.3 Å². The standard InChI is InChI=1S/C14H18N6OS/c1-10-16-17-13(22-10)9-18-6-12(7-18)20-8-11(5-15-20)19-4-2-3-14(19)21/h5,8,12H,2-4,6-7,9H2,1H3. The second-order valence-electron chi connectivity index (χ2n) is 5.89. The first-order valence-electron chi connectivity index (χ1n) is 7.55. The van der Waals surface area contributed by atoms with E-state index in [0.29, 0.717) is 12.5 Å². The molecule has 0 spiro atoms. The van der Waals surface area contributed by atoms with Crippen molar-refractivity contribution in [2.45, 2.75) is 32.4 Å². The van der Waals surface area contributed by atoms with Crippen LogP contribution in [0.5, 0.6) is 0 Å². The van der Waals surface area contributed by atoms with Gasteiger partial charge in [0.05, 0.1) is 24.5 Å². The van der Waals surface area contributed by atoms with Crippen molar-refractivity contribution in [3.05, 3.63) is 22.4 Å². The Morgan fingerprint density at radius 3 is 2.91 bits per heavy atom. The van der Waals surface area contributed by atoms with Crippen LogP contribution in [-0.4, -0.2) is 50.4 Å². The van der Waals surface area contributed by atoms with Crippen LogP contribution >= 0.6 is 11.3 Å². The van der Waals surface area contributed by atoms with Gasteiger partial charge < -0.3 is 4.90 Å². The molecule has 0 atom stereocenters. The number of amides is 1. The Bertz CT molecular complexity index is 689. The van der Waals surface area contributed by atoms with Crippen molar-refractivity contribution in [2.75, 3.05) is 24.5 Å². The van der Waals surface area contributed by atoms with Crippen LogP contribution in [0.4, 0.5) is 5.69 Å². The minimum Gasteiger partial charge on any atom is -0.309 e. The Kier molecular flexibility index (Phi) is 3.42. The molecule has 0 bridgehead atoms. The van der Waals surface area contributed by atoms with Gasteiger partial charge in [0, 0.05) is 32.3 Å². The lowest BCUT2D eigenvalue weighted by atomic mass is 10.1. The zero-order chi connectivity index (χ0) is 15.1. The number of carbonyl (C=O) groups excluding carboxylic acids is 1. The molecule has 0 unspecified atom stereocenters. The lowest BCUT2D eigenvalue weighted by Gasteiger charge is -2.38. The van der Waals surface area contributed by atoms with Crippen LogP contribution in [0.2, 0.25) is 0 Å². The summed E-state index contributed by atoms with van der Waals surface area (Å²) in [5, 5.41) is 14.7. The van der Waals surface area contributed by atoms with Gasteiger partial charge in [-0.05, 0) is 13.3 Å². The number of aromatic nitrogens is 4. The van der Waals surface area contributed by atoms with Crippen LogP contribution in [0.3, 0.4) is 0 Å². The number of rotatable bonds is 4. The number of anilines is 1. The van der Waals surface area contributed by atoms with E-state index in [1.807, 2.05) is 22.7 Å². The van der Waals surface area contributed by atoms with E-state index in [2.05, 4.69) is 20.2 Å². The third kappa shape index (κ3) is 2.52. The first-order valence-corrected chi connectivity index (χ1v) is 8.36. The summed E-state index contributed by atoms with van der Waals surface area (Å²) in [7, 11) is 0. The maximum atomic E-state index is 11.8. The predicted octanol–water partition coefficient (Wildman–Crippen LogP) is 1.23. The molecule has 2 aliphatic rings. The molecular weight excluding hydrogens is 300 g/mol. The smallest absolute Gasteiger partial charge is 0.227 e. The number of carbonyl (C=O) groups is 1. The van der Waals surface area contributed by atoms with Crippen LogP contribution in [0.15, 0.2) is 12.4 Å². The highest BCUT2D eigenvalue weighted by atomic mass is 32.1. The lowest BCUT2D eigenvalue weighted by Crippen LogP contribution is -2.47. The maximum Gasteiger partial charge on any atom is 0.227 e. The van der Waals surface area contributed by atoms with Gasteiger partial charge >= 0.3 is 0 Å². The molecule has 4 heterocycles. The van der Waals surface area contributed by atoms with Crippen molar-refractivity contribution in [3.8, 4) is 0 Å². The van der Waals surface area contributed by atoms with Crippen molar-refractivity contribution in [1.82, 2.24) is 24.9 Å². The number of likely N-dealkylation sites (tertiary alicyclic amines) is 1. The Hall–Kier alpha value is -1.80. The molecule has 2 aliphatic heterocycles. The van der Waals surface area contributed by atoms with E-state index >= 15 is 0 Å². The number of hydrogen-bond donors (Lipinski definition) is 0. The highest BCUT2D eigenvalue weighted by Gasteiger charge is 2.30. The van der Waals surface area contributed by atoms with Crippen LogP contribution < -0.4 is 4.90 Å². The third-order valence-electron chi connectivity index (χ3n) is 4.21. The van der Waals surface area contributed by atoms with Crippen molar-refractivity contribution >= 4 is 22.9 Å². The zero-order valence-corrected chi connectivity index (χ0v) is 13.3. The van der Waals surface area contributed by atoms with Crippen LogP contribution in [0.1, 0.15) is 28.9 Å². The fourth-order valence-corrected chi connectivity index (χ4v) is 3.77. The van der Waals surface area contributed by atoms with Crippen molar-refractivity contribution < 1.29 is 4.79 Å². The van der Waals surface area contributed by atoms with E-state index in [0.717, 1.165) is 48.3 Å². The average molecular weight is 318 g/mol. The van der Waals surface area contributed by atoms with Gasteiger partial charge in [-0.25, -0.2) is 0 Å². The molecule has 0 aliphatic carbocycles. The van der Waals surface area contributed by atoms with Crippen molar-refractivity contribution in [1.29, 1.82) is 0 Å². The van der Waals surface area contributed by atoms with E-state index in [4.69, 9.17) is 0 Å². The summed E-state index contributed by atoms with van der Waals surface area (Å²) in [4.78, 5) is 15.9. The van der Waals surface area contributed by atoms with Gasteiger partial charge in [-0.2, -0.15) is 5.10 Å². The Morgan fingerprint density at radius 1 is 1.36 bits per heavy atom. The van der Waals surface area contributed by atoms with E-state index in [1.165, 1.54) is 0 Å². The molecule has 2 saturated heterocycles. The van der Waals surface area contributed by atoms with E-state index in [9.17, 15) is 4.79 Å². The first-order chi connectivity index (χ1) is 10.7. The summed E-state index contributed by atoms with van der Waals surface area (Å²) < 4.78 is 1.99. The lowest BCUT2D eigenvalue weighted by molar-refractivity contribution is -0.117. The van der Waals surface area contributed by atoms with Gasteiger partial charge in [0.15, 0.2) is 0 Å². The second-order valence-corrected chi connectivity index (χ2v) is 7.16. The molecule has 2 aromatic heterocycles. The van der Waals surface area contributed by atoms with Gasteiger partial charge in [0.25, 0.3) is 0 Å². The van der Waals surface area contributed by atoms with Gasteiger partial charge in [-0.3, -0.25) is 14.4 Å². The SMILES string of the molecule is Cc1nnc(CN2CC(n3cc(N4CCCC4=O)cn3)C2)s1. The van der Waals surface area contributed by atoms with E-state index in [-0.39, 0.29) is 5.91 Å². The molecule has 0 N–H and O–H groups in total. The minimum atomic E-state index is 0.210. The fraction of sp³-hybridized carbons (Fsp3) is 0.571. The summed E-state index contributed by atoms with van der Waals surface area (Å²) in [6.45, 7) is 5.59. The zero-order valence-electron chi connectivity index (χ0n) is 12.5. The molecular formula is C14H18N6OS. The van der Waals surface area contributed by atoms with Gasteiger partial charge in [-0.15, -0.1) is 21.5 Å². The molecule has 0 aromatic carbocycles. The Balaban J connectivity index is 1.35. The molecule has 116 valence electrons. The summed E-state index contributed by atoms with van der Waals surface area (Å²) in [5.74, 6) is 0.210. The molecule has 1 amide bonds. The Labute approximate surface area is 132 Å². The predicted molar refractivity (Wildman–Crippen MR) is 82.8 cm³/mol. The van der Waals surface area contributed by atoms with Crippen molar-refractivity contribution in [2.24, 2.45) is 0 Å². The third-order valence-corrected chi connectivity index (χ3v) is 5.04. The van der Waals surface area contributed by atoms with Crippen molar-refractivity contribution in [3.63, 3.8) is 0 Å². The molecule has 4 rings (SSSR count). The monoisotopic (exact) mass is 318 g/mol. The average Bonchev–Trinajstić information content (AvgIpc) is 3.14. The largest absolute Gasteiger partial charge is 0.309 e. The van der Waals surface area contributed by atoms with E-state index in [1.54, 1.807) is 17.5 Å². The summed E-state index contributed by atoms with van der Waals surface area (Å²) in [6, 6.07) is 0.389. The molecule has 22 heavy (non-hydrogen) atoms. The fourth-order valence-electron chi connectivity index (χ4n) is 3.02. The molecule has 8 heteroatoms. The normalized spacial score (nSPS) is 19.9. The van der Waals surface area contributed by atoms with Gasteiger partial charge in [-0.1, -0.05) is 0 Å². The molecule has 2 aromatic rings. The van der Waals surface area contributed by atoms with Gasteiger partial charge in [0.2, 0.25) is 5.91 Å². The number of hydrogen-bond acceptors (Lipinski definition) is 6. The Morgan fingerprint density at radius 2 is 2.23 bits per heavy atom. The molecule has 0 saturated carbocycles. The number of nitrogens with zero attached hydrogens (tertiary/aromatic N) is 6. The highest BCUT2D eigenvalue weighted by Crippen LogP contribution is 2.27. The minimum absolute atomic E-state index is 0.210. The number of aryl methyl sites for hydroxylation is 1. The quantitative estimate of drug-likeness (QED) is 0.848. The second kappa shape index (κ2) is 5.44. The summed E-state index contributed by atoms with van der Waals surface area (Å²) in [5.41, 5.74) is 0.931. The topological polar surface area (TPSA) is 67.2 Å². The first kappa shape index (κ1) is 13.8. The van der Waals surface area contributed by atoms with Crippen LogP contribution in [0, 0.1) is 6.92 Å². The van der Waals surface area contributed by atoms with Gasteiger partial charge in [0.1, 0.15) is 10.0 Å². The molecule has 2 fully saturated rings.